The Bertz CT molecular complexity index is 633. The average Bonchev–Trinajstić information content (AvgIpc) is 2.92. The predicted octanol–water partition coefficient (Wildman–Crippen LogP) is 0.181. The maximum atomic E-state index is 12.0. The van der Waals surface area contributed by atoms with Crippen LogP contribution < -0.4 is 15.8 Å². The molecule has 1 aliphatic rings. The summed E-state index contributed by atoms with van der Waals surface area (Å²) in [6, 6.07) is 6.87. The molecule has 8 heteroatoms. The standard InChI is InChI=1S/C14H21N3O4S/c1-22(19,20)17-11-4-2-3-10(7-11)9-16-14(18)13-6-5-12(8-15)21-13/h2-4,7,12-13,17H,5-6,8-9,15H2,1H3,(H,16,18)/t12-,13+/m1/s1. The Labute approximate surface area is 130 Å². The van der Waals surface area contributed by atoms with Gasteiger partial charge >= 0.3 is 0 Å². The van der Waals surface area contributed by atoms with E-state index >= 15 is 0 Å². The molecule has 0 aliphatic carbocycles. The highest BCUT2D eigenvalue weighted by molar-refractivity contribution is 7.92. The van der Waals surface area contributed by atoms with E-state index in [2.05, 4.69) is 10.0 Å². The van der Waals surface area contributed by atoms with Gasteiger partial charge < -0.3 is 15.8 Å². The molecule has 0 saturated carbocycles. The summed E-state index contributed by atoms with van der Waals surface area (Å²) >= 11 is 0. The van der Waals surface area contributed by atoms with Gasteiger partial charge in [0.05, 0.1) is 12.4 Å². The maximum Gasteiger partial charge on any atom is 0.249 e. The molecule has 1 fully saturated rings. The van der Waals surface area contributed by atoms with E-state index in [1.807, 2.05) is 6.07 Å². The number of carbonyl (C=O) groups is 1. The molecule has 0 aromatic heterocycles. The summed E-state index contributed by atoms with van der Waals surface area (Å²) in [4.78, 5) is 12.0. The molecular weight excluding hydrogens is 306 g/mol. The molecule has 22 heavy (non-hydrogen) atoms. The summed E-state index contributed by atoms with van der Waals surface area (Å²) in [5.41, 5.74) is 6.78. The number of sulfonamides is 1. The number of carbonyl (C=O) groups excluding carboxylic acids is 1. The summed E-state index contributed by atoms with van der Waals surface area (Å²) in [5.74, 6) is -0.169. The summed E-state index contributed by atoms with van der Waals surface area (Å²) in [7, 11) is -3.32. The van der Waals surface area contributed by atoms with Crippen molar-refractivity contribution in [2.24, 2.45) is 5.73 Å². The smallest absolute Gasteiger partial charge is 0.249 e. The normalized spacial score (nSPS) is 21.5. The van der Waals surface area contributed by atoms with Crippen molar-refractivity contribution in [3.05, 3.63) is 29.8 Å². The third kappa shape index (κ3) is 4.97. The summed E-state index contributed by atoms with van der Waals surface area (Å²) < 4.78 is 30.3. The quantitative estimate of drug-likeness (QED) is 0.690. The Morgan fingerprint density at radius 1 is 1.41 bits per heavy atom. The fourth-order valence-corrected chi connectivity index (χ4v) is 2.89. The molecule has 0 bridgehead atoms. The van der Waals surface area contributed by atoms with E-state index in [0.717, 1.165) is 18.2 Å². The molecule has 1 aliphatic heterocycles. The first-order valence-electron chi connectivity index (χ1n) is 7.07. The van der Waals surface area contributed by atoms with Crippen molar-refractivity contribution in [2.45, 2.75) is 31.6 Å². The summed E-state index contributed by atoms with van der Waals surface area (Å²) in [6.45, 7) is 0.730. The highest BCUT2D eigenvalue weighted by Crippen LogP contribution is 2.19. The van der Waals surface area contributed by atoms with Crippen LogP contribution >= 0.6 is 0 Å². The van der Waals surface area contributed by atoms with Crippen molar-refractivity contribution in [3.63, 3.8) is 0 Å². The number of nitrogens with two attached hydrogens (primary N) is 1. The van der Waals surface area contributed by atoms with Gasteiger partial charge in [-0.15, -0.1) is 0 Å². The number of nitrogens with one attached hydrogen (secondary N) is 2. The van der Waals surface area contributed by atoms with E-state index in [1.165, 1.54) is 0 Å². The van der Waals surface area contributed by atoms with E-state index in [0.29, 0.717) is 25.2 Å². The molecule has 0 radical (unpaired) electrons. The highest BCUT2D eigenvalue weighted by atomic mass is 32.2. The fourth-order valence-electron chi connectivity index (χ4n) is 2.33. The maximum absolute atomic E-state index is 12.0. The number of benzene rings is 1. The van der Waals surface area contributed by atoms with Crippen LogP contribution in [0, 0.1) is 0 Å². The lowest BCUT2D eigenvalue weighted by Crippen LogP contribution is -2.35. The number of ether oxygens (including phenoxy) is 1. The second-order valence-corrected chi connectivity index (χ2v) is 7.10. The molecule has 0 unspecified atom stereocenters. The van der Waals surface area contributed by atoms with E-state index in [1.54, 1.807) is 18.2 Å². The zero-order valence-corrected chi connectivity index (χ0v) is 13.2. The van der Waals surface area contributed by atoms with Gasteiger partial charge in [-0.2, -0.15) is 0 Å². The van der Waals surface area contributed by atoms with Crippen LogP contribution in [-0.2, 0) is 26.1 Å². The third-order valence-electron chi connectivity index (χ3n) is 3.36. The number of anilines is 1. The van der Waals surface area contributed by atoms with Gasteiger partial charge in [0.25, 0.3) is 0 Å². The van der Waals surface area contributed by atoms with Gasteiger partial charge in [0, 0.05) is 18.8 Å². The average molecular weight is 327 g/mol. The van der Waals surface area contributed by atoms with Crippen molar-refractivity contribution in [1.29, 1.82) is 0 Å². The lowest BCUT2D eigenvalue weighted by Gasteiger charge is -2.13. The second kappa shape index (κ2) is 7.08. The van der Waals surface area contributed by atoms with E-state index in [-0.39, 0.29) is 12.0 Å². The SMILES string of the molecule is CS(=O)(=O)Nc1cccc(CNC(=O)[C@@H]2CC[C@H](CN)O2)c1. The van der Waals surface area contributed by atoms with Crippen LogP contribution in [0.25, 0.3) is 0 Å². The van der Waals surface area contributed by atoms with Crippen LogP contribution in [0.15, 0.2) is 24.3 Å². The number of amides is 1. The third-order valence-corrected chi connectivity index (χ3v) is 3.97. The van der Waals surface area contributed by atoms with Gasteiger partial charge in [-0.3, -0.25) is 9.52 Å². The number of hydrogen-bond acceptors (Lipinski definition) is 5. The molecule has 1 aromatic rings. The molecular formula is C14H21N3O4S. The summed E-state index contributed by atoms with van der Waals surface area (Å²) in [6.07, 6.45) is 2.06. The van der Waals surface area contributed by atoms with Crippen LogP contribution in [0.2, 0.25) is 0 Å². The van der Waals surface area contributed by atoms with Gasteiger partial charge in [-0.05, 0) is 30.5 Å². The largest absolute Gasteiger partial charge is 0.364 e. The first kappa shape index (κ1) is 16.7. The molecule has 1 saturated heterocycles. The van der Waals surface area contributed by atoms with E-state index < -0.39 is 16.1 Å². The molecule has 0 spiro atoms. The van der Waals surface area contributed by atoms with Crippen LogP contribution in [-0.4, -0.2) is 39.3 Å². The molecule has 2 rings (SSSR count). The molecule has 4 N–H and O–H groups in total. The van der Waals surface area contributed by atoms with Gasteiger partial charge in [0.2, 0.25) is 15.9 Å². The minimum absolute atomic E-state index is 0.0435. The van der Waals surface area contributed by atoms with Gasteiger partial charge in [0.1, 0.15) is 6.10 Å². The number of hydrogen-bond donors (Lipinski definition) is 3. The topological polar surface area (TPSA) is 111 Å². The van der Waals surface area contributed by atoms with Crippen molar-refractivity contribution >= 4 is 21.6 Å². The predicted molar refractivity (Wildman–Crippen MR) is 83.7 cm³/mol. The highest BCUT2D eigenvalue weighted by Gasteiger charge is 2.29. The Balaban J connectivity index is 1.89. The van der Waals surface area contributed by atoms with Crippen molar-refractivity contribution in [3.8, 4) is 0 Å². The first-order chi connectivity index (χ1) is 10.4. The zero-order valence-electron chi connectivity index (χ0n) is 12.4. The van der Waals surface area contributed by atoms with E-state index in [4.69, 9.17) is 10.5 Å². The van der Waals surface area contributed by atoms with Crippen LogP contribution in [0.4, 0.5) is 5.69 Å². The van der Waals surface area contributed by atoms with Crippen molar-refractivity contribution in [1.82, 2.24) is 5.32 Å². The lowest BCUT2D eigenvalue weighted by atomic mass is 10.1. The minimum atomic E-state index is -3.32. The van der Waals surface area contributed by atoms with Gasteiger partial charge in [0.15, 0.2) is 0 Å². The van der Waals surface area contributed by atoms with Gasteiger partial charge in [-0.1, -0.05) is 12.1 Å². The van der Waals surface area contributed by atoms with Gasteiger partial charge in [-0.25, -0.2) is 8.42 Å². The van der Waals surface area contributed by atoms with Crippen molar-refractivity contribution < 1.29 is 17.9 Å². The zero-order chi connectivity index (χ0) is 16.2. The van der Waals surface area contributed by atoms with Crippen molar-refractivity contribution in [2.75, 3.05) is 17.5 Å². The van der Waals surface area contributed by atoms with E-state index in [9.17, 15) is 13.2 Å². The Hall–Kier alpha value is -1.64. The summed E-state index contributed by atoms with van der Waals surface area (Å²) in [5, 5.41) is 2.79. The minimum Gasteiger partial charge on any atom is -0.364 e. The fraction of sp³-hybridized carbons (Fsp3) is 0.500. The number of rotatable bonds is 6. The first-order valence-corrected chi connectivity index (χ1v) is 8.96. The Morgan fingerprint density at radius 3 is 2.82 bits per heavy atom. The molecule has 2 atom stereocenters. The lowest BCUT2D eigenvalue weighted by molar-refractivity contribution is -0.132. The van der Waals surface area contributed by atoms with Crippen LogP contribution in [0.5, 0.6) is 0 Å². The molecule has 122 valence electrons. The molecule has 1 aromatic carbocycles. The van der Waals surface area contributed by atoms with Crippen LogP contribution in [0.1, 0.15) is 18.4 Å². The monoisotopic (exact) mass is 327 g/mol. The molecule has 1 amide bonds. The Kier molecular flexibility index (Phi) is 5.38. The molecule has 1 heterocycles. The van der Waals surface area contributed by atoms with Crippen LogP contribution in [0.3, 0.4) is 0 Å². The molecule has 7 nitrogen and oxygen atoms in total. The second-order valence-electron chi connectivity index (χ2n) is 5.35. The Morgan fingerprint density at radius 2 is 2.18 bits per heavy atom.